The molecule has 0 aromatic heterocycles. The third kappa shape index (κ3) is 3.52. The molecule has 1 aromatic carbocycles. The predicted molar refractivity (Wildman–Crippen MR) is 87.1 cm³/mol. The van der Waals surface area contributed by atoms with E-state index in [1.807, 2.05) is 7.05 Å². The number of benzene rings is 1. The number of nitrogens with zero attached hydrogens (tertiary/aromatic N) is 1. The molecule has 0 unspecified atom stereocenters. The van der Waals surface area contributed by atoms with Gasteiger partial charge in [-0.1, -0.05) is 18.6 Å². The molecule has 5 nitrogen and oxygen atoms in total. The summed E-state index contributed by atoms with van der Waals surface area (Å²) < 4.78 is 19.0. The van der Waals surface area contributed by atoms with Crippen LogP contribution in [0, 0.1) is 11.7 Å². The summed E-state index contributed by atoms with van der Waals surface area (Å²) in [5.41, 5.74) is 0.723. The van der Waals surface area contributed by atoms with Crippen molar-refractivity contribution in [3.8, 4) is 5.75 Å². The lowest BCUT2D eigenvalue weighted by atomic mass is 9.84. The Bertz CT molecular complexity index is 631. The van der Waals surface area contributed by atoms with Gasteiger partial charge in [0.05, 0.1) is 0 Å². The van der Waals surface area contributed by atoms with Gasteiger partial charge in [-0.05, 0) is 25.3 Å². The molecule has 1 atom stereocenters. The van der Waals surface area contributed by atoms with Crippen LogP contribution in [0.4, 0.5) is 4.39 Å². The second-order valence-electron chi connectivity index (χ2n) is 6.57. The second-order valence-corrected chi connectivity index (χ2v) is 6.57. The van der Waals surface area contributed by atoms with Gasteiger partial charge in [-0.2, -0.15) is 0 Å². The van der Waals surface area contributed by atoms with Gasteiger partial charge in [-0.15, -0.1) is 0 Å². The first kappa shape index (κ1) is 16.7. The first-order valence-corrected chi connectivity index (χ1v) is 8.53. The highest BCUT2D eigenvalue weighted by Crippen LogP contribution is 2.31. The molecule has 1 fully saturated rings. The Kier molecular flexibility index (Phi) is 5.02. The highest BCUT2D eigenvalue weighted by atomic mass is 19.1. The highest BCUT2D eigenvalue weighted by molar-refractivity contribution is 5.82. The fourth-order valence-electron chi connectivity index (χ4n) is 3.09. The molecule has 130 valence electrons. The number of ether oxygens (including phenoxy) is 1. The van der Waals surface area contributed by atoms with E-state index in [1.54, 1.807) is 17.0 Å². The van der Waals surface area contributed by atoms with Crippen molar-refractivity contribution in [2.45, 2.75) is 38.2 Å². The number of para-hydroxylation sites is 1. The van der Waals surface area contributed by atoms with E-state index in [9.17, 15) is 14.0 Å². The summed E-state index contributed by atoms with van der Waals surface area (Å²) in [6.07, 6.45) is 3.54. The van der Waals surface area contributed by atoms with Gasteiger partial charge in [-0.3, -0.25) is 9.59 Å². The third-order valence-electron chi connectivity index (χ3n) is 4.81. The van der Waals surface area contributed by atoms with Gasteiger partial charge in [0.25, 0.3) is 5.91 Å². The normalized spacial score (nSPS) is 19.2. The SMILES string of the molecule is CN(CCCNC(=O)[C@H]1Cc2cccc(F)c2O1)C(=O)C1CCC1. The zero-order chi connectivity index (χ0) is 17.1. The number of rotatable bonds is 6. The Hall–Kier alpha value is -2.11. The minimum Gasteiger partial charge on any atom is -0.477 e. The molecule has 1 saturated carbocycles. The standard InChI is InChI=1S/C18H23FN2O3/c1-21(18(23)12-5-2-6-12)10-4-9-20-17(22)15-11-13-7-3-8-14(19)16(13)24-15/h3,7-8,12,15H,2,4-6,9-11H2,1H3,(H,20,22)/t15-/m1/s1. The van der Waals surface area contributed by atoms with Crippen LogP contribution in [0.2, 0.25) is 0 Å². The first-order valence-electron chi connectivity index (χ1n) is 8.53. The van der Waals surface area contributed by atoms with E-state index in [1.165, 1.54) is 6.07 Å². The Balaban J connectivity index is 1.38. The van der Waals surface area contributed by atoms with Crippen LogP contribution in [0.15, 0.2) is 18.2 Å². The molecule has 1 aromatic rings. The molecule has 1 aliphatic heterocycles. The van der Waals surface area contributed by atoms with E-state index in [0.717, 1.165) is 24.8 Å². The molecule has 0 bridgehead atoms. The molecule has 6 heteroatoms. The van der Waals surface area contributed by atoms with Crippen LogP contribution in [0.3, 0.4) is 0 Å². The maximum Gasteiger partial charge on any atom is 0.261 e. The summed E-state index contributed by atoms with van der Waals surface area (Å²) in [5.74, 6) is -0.0801. The van der Waals surface area contributed by atoms with Crippen molar-refractivity contribution in [3.05, 3.63) is 29.6 Å². The molecule has 0 saturated heterocycles. The van der Waals surface area contributed by atoms with Crippen LogP contribution in [0.25, 0.3) is 0 Å². The van der Waals surface area contributed by atoms with E-state index in [2.05, 4.69) is 5.32 Å². The van der Waals surface area contributed by atoms with E-state index in [4.69, 9.17) is 4.74 Å². The van der Waals surface area contributed by atoms with Gasteiger partial charge >= 0.3 is 0 Å². The molecule has 24 heavy (non-hydrogen) atoms. The fraction of sp³-hybridized carbons (Fsp3) is 0.556. The molecule has 0 spiro atoms. The molecule has 0 radical (unpaired) electrons. The van der Waals surface area contributed by atoms with E-state index in [-0.39, 0.29) is 23.5 Å². The van der Waals surface area contributed by atoms with Crippen LogP contribution in [0.1, 0.15) is 31.2 Å². The molecule has 1 heterocycles. The van der Waals surface area contributed by atoms with Crippen molar-refractivity contribution in [1.29, 1.82) is 0 Å². The zero-order valence-corrected chi connectivity index (χ0v) is 13.9. The van der Waals surface area contributed by atoms with Crippen molar-refractivity contribution in [2.75, 3.05) is 20.1 Å². The number of carbonyl (C=O) groups is 2. The number of nitrogens with one attached hydrogen (secondary N) is 1. The predicted octanol–water partition coefficient (Wildman–Crippen LogP) is 1.89. The van der Waals surface area contributed by atoms with Crippen LogP contribution in [-0.2, 0) is 16.0 Å². The number of fused-ring (bicyclic) bond motifs is 1. The van der Waals surface area contributed by atoms with Crippen LogP contribution in [-0.4, -0.2) is 43.0 Å². The average Bonchev–Trinajstić information content (AvgIpc) is 2.95. The van der Waals surface area contributed by atoms with Crippen LogP contribution >= 0.6 is 0 Å². The zero-order valence-electron chi connectivity index (χ0n) is 13.9. The lowest BCUT2D eigenvalue weighted by molar-refractivity contribution is -0.136. The minimum atomic E-state index is -0.675. The second kappa shape index (κ2) is 7.20. The number of hydrogen-bond acceptors (Lipinski definition) is 3. The highest BCUT2D eigenvalue weighted by Gasteiger charge is 2.31. The lowest BCUT2D eigenvalue weighted by Gasteiger charge is -2.29. The molecule has 2 amide bonds. The summed E-state index contributed by atoms with van der Waals surface area (Å²) in [6.45, 7) is 1.09. The number of hydrogen-bond donors (Lipinski definition) is 1. The molecular weight excluding hydrogens is 311 g/mol. The summed E-state index contributed by atoms with van der Waals surface area (Å²) in [5, 5.41) is 2.81. The fourth-order valence-corrected chi connectivity index (χ4v) is 3.09. The summed E-state index contributed by atoms with van der Waals surface area (Å²) in [7, 11) is 1.81. The van der Waals surface area contributed by atoms with Gasteiger partial charge in [0.2, 0.25) is 5.91 Å². The van der Waals surface area contributed by atoms with Crippen molar-refractivity contribution in [3.63, 3.8) is 0 Å². The molecule has 3 rings (SSSR count). The summed E-state index contributed by atoms with van der Waals surface area (Å²) >= 11 is 0. The van der Waals surface area contributed by atoms with Gasteiger partial charge in [0, 0.05) is 38.0 Å². The largest absolute Gasteiger partial charge is 0.477 e. The number of halogens is 1. The molecule has 1 aliphatic carbocycles. The maximum atomic E-state index is 13.6. The van der Waals surface area contributed by atoms with Crippen LogP contribution in [0.5, 0.6) is 5.75 Å². The summed E-state index contributed by atoms with van der Waals surface area (Å²) in [6, 6.07) is 4.72. The number of amides is 2. The van der Waals surface area contributed by atoms with E-state index >= 15 is 0 Å². The van der Waals surface area contributed by atoms with Gasteiger partial charge in [0.1, 0.15) is 0 Å². The van der Waals surface area contributed by atoms with Crippen molar-refractivity contribution in [1.82, 2.24) is 10.2 Å². The number of carbonyl (C=O) groups excluding carboxylic acids is 2. The quantitative estimate of drug-likeness (QED) is 0.808. The van der Waals surface area contributed by atoms with Gasteiger partial charge < -0.3 is 15.0 Å². The monoisotopic (exact) mass is 334 g/mol. The average molecular weight is 334 g/mol. The Morgan fingerprint density at radius 3 is 2.83 bits per heavy atom. The van der Waals surface area contributed by atoms with Crippen LogP contribution < -0.4 is 10.1 Å². The van der Waals surface area contributed by atoms with Crippen molar-refractivity contribution < 1.29 is 18.7 Å². The van der Waals surface area contributed by atoms with E-state index < -0.39 is 11.9 Å². The Morgan fingerprint density at radius 2 is 2.17 bits per heavy atom. The van der Waals surface area contributed by atoms with Gasteiger partial charge in [0.15, 0.2) is 17.7 Å². The lowest BCUT2D eigenvalue weighted by Crippen LogP contribution is -2.40. The topological polar surface area (TPSA) is 58.6 Å². The van der Waals surface area contributed by atoms with Crippen molar-refractivity contribution >= 4 is 11.8 Å². The summed E-state index contributed by atoms with van der Waals surface area (Å²) in [4.78, 5) is 25.9. The molecular formula is C18H23FN2O3. The smallest absolute Gasteiger partial charge is 0.261 e. The molecule has 2 aliphatic rings. The van der Waals surface area contributed by atoms with E-state index in [0.29, 0.717) is 25.9 Å². The third-order valence-corrected chi connectivity index (χ3v) is 4.81. The van der Waals surface area contributed by atoms with Crippen molar-refractivity contribution in [2.24, 2.45) is 5.92 Å². The molecule has 1 N–H and O–H groups in total. The maximum absolute atomic E-state index is 13.6. The Labute approximate surface area is 141 Å². The minimum absolute atomic E-state index is 0.184. The van der Waals surface area contributed by atoms with Gasteiger partial charge in [-0.25, -0.2) is 4.39 Å². The Morgan fingerprint density at radius 1 is 1.38 bits per heavy atom. The first-order chi connectivity index (χ1) is 11.6.